The molecule has 0 heterocycles. The molecule has 0 saturated heterocycles. The van der Waals surface area contributed by atoms with Crippen LogP contribution in [0.15, 0.2) is 24.3 Å². The molecule has 0 aromatic heterocycles. The summed E-state index contributed by atoms with van der Waals surface area (Å²) in [6.07, 6.45) is 20.3. The van der Waals surface area contributed by atoms with E-state index in [9.17, 15) is 14.4 Å². The Hall–Kier alpha value is -2.57. The van der Waals surface area contributed by atoms with Crippen LogP contribution in [0.5, 0.6) is 5.75 Å². The van der Waals surface area contributed by atoms with Crippen LogP contribution in [0.1, 0.15) is 128 Å². The van der Waals surface area contributed by atoms with Crippen molar-refractivity contribution in [1.29, 1.82) is 0 Å². The van der Waals surface area contributed by atoms with E-state index < -0.39 is 11.9 Å². The van der Waals surface area contributed by atoms with Crippen LogP contribution in [0, 0.1) is 0 Å². The van der Waals surface area contributed by atoms with Gasteiger partial charge in [-0.25, -0.2) is 0 Å². The van der Waals surface area contributed by atoms with E-state index in [1.165, 1.54) is 77.0 Å². The van der Waals surface area contributed by atoms with Gasteiger partial charge >= 0.3 is 11.9 Å². The number of hydrogen-bond donors (Lipinski definition) is 3. The summed E-state index contributed by atoms with van der Waals surface area (Å²) in [4.78, 5) is 33.4. The van der Waals surface area contributed by atoms with Gasteiger partial charge in [0.25, 0.3) is 0 Å². The molecule has 0 aliphatic carbocycles. The lowest BCUT2D eigenvalue weighted by atomic mass is 10.0. The molecule has 0 aliphatic rings. The number of hydrogen-bond acceptors (Lipinski definition) is 4. The first kappa shape index (κ1) is 32.5. The van der Waals surface area contributed by atoms with E-state index in [1.807, 2.05) is 12.1 Å². The Kier molecular flexibility index (Phi) is 19.8. The Balaban J connectivity index is 1.92. The average Bonchev–Trinajstić information content (AvgIpc) is 2.86. The number of unbranched alkanes of at least 4 members (excludes halogenated alkanes) is 15. The monoisotopic (exact) mass is 519 g/mol. The molecular weight excluding hydrogens is 470 g/mol. The molecule has 37 heavy (non-hydrogen) atoms. The van der Waals surface area contributed by atoms with Crippen molar-refractivity contribution in [2.24, 2.45) is 0 Å². The Morgan fingerprint density at radius 1 is 0.568 bits per heavy atom. The van der Waals surface area contributed by atoms with Gasteiger partial charge in [-0.2, -0.15) is 0 Å². The zero-order valence-corrected chi connectivity index (χ0v) is 22.7. The molecule has 0 saturated carbocycles. The molecule has 0 atom stereocenters. The molecule has 0 spiro atoms. The second kappa shape index (κ2) is 22.6. The molecule has 0 bridgehead atoms. The third-order valence-corrected chi connectivity index (χ3v) is 6.50. The highest BCUT2D eigenvalue weighted by atomic mass is 16.5. The molecule has 7 nitrogen and oxygen atoms in total. The van der Waals surface area contributed by atoms with Gasteiger partial charge in [0.05, 0.1) is 12.3 Å². The smallest absolute Gasteiger partial charge is 0.303 e. The van der Waals surface area contributed by atoms with Gasteiger partial charge in [0.2, 0.25) is 5.91 Å². The third kappa shape index (κ3) is 20.2. The Bertz CT molecular complexity index is 751. The number of amides is 1. The fraction of sp³-hybridized carbons (Fsp3) is 0.700. The van der Waals surface area contributed by atoms with Crippen LogP contribution in [-0.4, -0.2) is 34.7 Å². The number of rotatable bonds is 25. The number of nitrogens with one attached hydrogen (secondary N) is 1. The predicted molar refractivity (Wildman–Crippen MR) is 148 cm³/mol. The van der Waals surface area contributed by atoms with Crippen LogP contribution in [-0.2, 0) is 14.4 Å². The predicted octanol–water partition coefficient (Wildman–Crippen LogP) is 7.98. The summed E-state index contributed by atoms with van der Waals surface area (Å²) in [7, 11) is 0. The quantitative estimate of drug-likeness (QED) is 0.113. The fourth-order valence-corrected chi connectivity index (χ4v) is 4.35. The van der Waals surface area contributed by atoms with E-state index in [-0.39, 0.29) is 12.3 Å². The lowest BCUT2D eigenvalue weighted by molar-refractivity contribution is -0.138. The first-order chi connectivity index (χ1) is 18.0. The van der Waals surface area contributed by atoms with E-state index in [0.717, 1.165) is 25.7 Å². The molecule has 0 unspecified atom stereocenters. The molecule has 1 aromatic rings. The van der Waals surface area contributed by atoms with Gasteiger partial charge in [-0.3, -0.25) is 14.4 Å². The van der Waals surface area contributed by atoms with Crippen molar-refractivity contribution in [1.82, 2.24) is 0 Å². The minimum atomic E-state index is -0.840. The average molecular weight is 520 g/mol. The standard InChI is InChI=1S/C30H49NO6/c32-28(31-26-20-17-18-21-27(26)37-25-19-24-30(35)36)22-15-13-11-9-7-5-3-1-2-4-6-8-10-12-14-16-23-29(33)34/h17-18,20-21H,1-16,19,22-25H2,(H,31,32)(H,33,34)(H,35,36). The topological polar surface area (TPSA) is 113 Å². The number of carbonyl (C=O) groups is 3. The molecule has 0 fully saturated rings. The molecule has 3 N–H and O–H groups in total. The molecule has 0 radical (unpaired) electrons. The van der Waals surface area contributed by atoms with Crippen molar-refractivity contribution < 1.29 is 29.3 Å². The zero-order chi connectivity index (χ0) is 27.0. The maximum Gasteiger partial charge on any atom is 0.303 e. The van der Waals surface area contributed by atoms with Crippen molar-refractivity contribution in [3.8, 4) is 5.75 Å². The molecule has 1 rings (SSSR count). The number of benzene rings is 1. The van der Waals surface area contributed by atoms with Crippen LogP contribution < -0.4 is 10.1 Å². The highest BCUT2D eigenvalue weighted by Crippen LogP contribution is 2.24. The Morgan fingerprint density at radius 3 is 1.46 bits per heavy atom. The van der Waals surface area contributed by atoms with E-state index in [0.29, 0.717) is 37.3 Å². The fourth-order valence-electron chi connectivity index (χ4n) is 4.35. The van der Waals surface area contributed by atoms with Gasteiger partial charge < -0.3 is 20.3 Å². The maximum atomic E-state index is 12.3. The largest absolute Gasteiger partial charge is 0.491 e. The summed E-state index contributed by atoms with van der Waals surface area (Å²) in [5.74, 6) is -0.961. The normalized spacial score (nSPS) is 10.8. The van der Waals surface area contributed by atoms with Crippen LogP contribution in [0.25, 0.3) is 0 Å². The summed E-state index contributed by atoms with van der Waals surface area (Å²) < 4.78 is 5.64. The van der Waals surface area contributed by atoms with Crippen LogP contribution in [0.4, 0.5) is 5.69 Å². The van der Waals surface area contributed by atoms with Crippen molar-refractivity contribution in [3.63, 3.8) is 0 Å². The number of carboxylic acid groups (broad SMARTS) is 2. The highest BCUT2D eigenvalue weighted by molar-refractivity contribution is 5.92. The number of anilines is 1. The maximum absolute atomic E-state index is 12.3. The Labute approximate surface area is 223 Å². The third-order valence-electron chi connectivity index (χ3n) is 6.50. The minimum Gasteiger partial charge on any atom is -0.491 e. The van der Waals surface area contributed by atoms with Crippen molar-refractivity contribution in [2.75, 3.05) is 11.9 Å². The van der Waals surface area contributed by atoms with Crippen molar-refractivity contribution in [3.05, 3.63) is 24.3 Å². The van der Waals surface area contributed by atoms with Gasteiger partial charge in [-0.15, -0.1) is 0 Å². The number of ether oxygens (including phenoxy) is 1. The van der Waals surface area contributed by atoms with Gasteiger partial charge in [0.1, 0.15) is 5.75 Å². The molecule has 210 valence electrons. The first-order valence-corrected chi connectivity index (χ1v) is 14.4. The van der Waals surface area contributed by atoms with Crippen molar-refractivity contribution >= 4 is 23.5 Å². The van der Waals surface area contributed by atoms with Crippen LogP contribution >= 0.6 is 0 Å². The Morgan fingerprint density at radius 2 is 0.973 bits per heavy atom. The minimum absolute atomic E-state index is 0.0141. The summed E-state index contributed by atoms with van der Waals surface area (Å²) in [6, 6.07) is 7.26. The first-order valence-electron chi connectivity index (χ1n) is 14.4. The summed E-state index contributed by atoms with van der Waals surface area (Å²) >= 11 is 0. The van der Waals surface area contributed by atoms with Gasteiger partial charge in [-0.05, 0) is 31.4 Å². The second-order valence-electron chi connectivity index (χ2n) is 9.94. The number of carboxylic acids is 2. The highest BCUT2D eigenvalue weighted by Gasteiger charge is 2.08. The van der Waals surface area contributed by atoms with Gasteiger partial charge in [-0.1, -0.05) is 102 Å². The summed E-state index contributed by atoms with van der Waals surface area (Å²) in [5, 5.41) is 20.2. The number of aliphatic carboxylic acids is 2. The zero-order valence-electron chi connectivity index (χ0n) is 22.7. The van der Waals surface area contributed by atoms with Crippen LogP contribution in [0.2, 0.25) is 0 Å². The number of para-hydroxylation sites is 2. The van der Waals surface area contributed by atoms with E-state index >= 15 is 0 Å². The van der Waals surface area contributed by atoms with Gasteiger partial charge in [0, 0.05) is 19.3 Å². The molecule has 0 aliphatic heterocycles. The van der Waals surface area contributed by atoms with Crippen molar-refractivity contribution in [2.45, 2.75) is 128 Å². The summed E-state index contributed by atoms with van der Waals surface area (Å²) in [5.41, 5.74) is 0.635. The summed E-state index contributed by atoms with van der Waals surface area (Å²) in [6.45, 7) is 0.304. The lowest BCUT2D eigenvalue weighted by Crippen LogP contribution is -2.12. The van der Waals surface area contributed by atoms with Gasteiger partial charge in [0.15, 0.2) is 0 Å². The van der Waals surface area contributed by atoms with Crippen LogP contribution in [0.3, 0.4) is 0 Å². The van der Waals surface area contributed by atoms with E-state index in [2.05, 4.69) is 5.32 Å². The van der Waals surface area contributed by atoms with E-state index in [4.69, 9.17) is 14.9 Å². The molecule has 1 amide bonds. The molecular formula is C30H49NO6. The second-order valence-corrected chi connectivity index (χ2v) is 9.94. The van der Waals surface area contributed by atoms with E-state index in [1.54, 1.807) is 12.1 Å². The molecule has 1 aromatic carbocycles. The SMILES string of the molecule is O=C(O)CCCCCCCCCCCCCCCCCCC(=O)Nc1ccccc1OCCCC(=O)O. The molecule has 7 heteroatoms. The lowest BCUT2D eigenvalue weighted by Gasteiger charge is -2.12. The number of carbonyl (C=O) groups excluding carboxylic acids is 1.